The summed E-state index contributed by atoms with van der Waals surface area (Å²) >= 11 is 0. The van der Waals surface area contributed by atoms with E-state index < -0.39 is 57.1 Å². The first-order valence-electron chi connectivity index (χ1n) is 9.31. The SMILES string of the molecule is C[C@@H]1[C@H](c2ccc(F)c(F)c2)[C@@H](C(=O)Nc2ccnc(S(C)(=O)=O)c2)O[C@]1(C)C(F)(F)F. The second kappa shape index (κ2) is 8.07. The van der Waals surface area contributed by atoms with Gasteiger partial charge in [0.2, 0.25) is 0 Å². The number of sulfone groups is 1. The first-order chi connectivity index (χ1) is 14.6. The van der Waals surface area contributed by atoms with E-state index in [-0.39, 0.29) is 16.3 Å². The number of ether oxygens (including phenoxy) is 1. The van der Waals surface area contributed by atoms with Crippen LogP contribution in [0.15, 0.2) is 41.6 Å². The van der Waals surface area contributed by atoms with Crippen molar-refractivity contribution in [1.82, 2.24) is 4.98 Å². The second-order valence-electron chi connectivity index (χ2n) is 7.78. The lowest BCUT2D eigenvalue weighted by atomic mass is 9.77. The van der Waals surface area contributed by atoms with Crippen molar-refractivity contribution in [2.75, 3.05) is 11.6 Å². The maximum absolute atomic E-state index is 13.8. The van der Waals surface area contributed by atoms with Crippen molar-refractivity contribution in [3.63, 3.8) is 0 Å². The molecule has 1 amide bonds. The topological polar surface area (TPSA) is 85.4 Å². The van der Waals surface area contributed by atoms with Crippen molar-refractivity contribution in [2.24, 2.45) is 5.92 Å². The van der Waals surface area contributed by atoms with Gasteiger partial charge in [0, 0.05) is 30.0 Å². The summed E-state index contributed by atoms with van der Waals surface area (Å²) in [5.41, 5.74) is -2.83. The van der Waals surface area contributed by atoms with Crippen LogP contribution in [0.5, 0.6) is 0 Å². The molecule has 1 aliphatic heterocycles. The Morgan fingerprint density at radius 2 is 1.81 bits per heavy atom. The Morgan fingerprint density at radius 3 is 2.38 bits per heavy atom. The molecule has 1 aromatic carbocycles. The molecule has 0 radical (unpaired) electrons. The molecular weight excluding hydrogens is 459 g/mol. The molecule has 2 heterocycles. The number of carbonyl (C=O) groups is 1. The fraction of sp³-hybridized carbons (Fsp3) is 0.400. The summed E-state index contributed by atoms with van der Waals surface area (Å²) < 4.78 is 97.2. The molecule has 1 aliphatic rings. The van der Waals surface area contributed by atoms with E-state index in [0.717, 1.165) is 43.6 Å². The van der Waals surface area contributed by atoms with E-state index in [1.807, 2.05) is 0 Å². The van der Waals surface area contributed by atoms with Gasteiger partial charge in [-0.2, -0.15) is 13.2 Å². The molecule has 0 bridgehead atoms. The number of rotatable bonds is 4. The number of hydrogen-bond acceptors (Lipinski definition) is 5. The average molecular weight is 478 g/mol. The zero-order chi connectivity index (χ0) is 24.1. The van der Waals surface area contributed by atoms with E-state index in [1.54, 1.807) is 0 Å². The van der Waals surface area contributed by atoms with Crippen LogP contribution in [0.1, 0.15) is 25.3 Å². The minimum absolute atomic E-state index is 0.0358. The van der Waals surface area contributed by atoms with E-state index in [0.29, 0.717) is 0 Å². The molecule has 0 unspecified atom stereocenters. The monoisotopic (exact) mass is 478 g/mol. The molecule has 3 rings (SSSR count). The third-order valence-electron chi connectivity index (χ3n) is 5.64. The largest absolute Gasteiger partial charge is 0.417 e. The Kier molecular flexibility index (Phi) is 6.07. The zero-order valence-electron chi connectivity index (χ0n) is 17.1. The lowest BCUT2D eigenvalue weighted by Crippen LogP contribution is -2.47. The lowest BCUT2D eigenvalue weighted by molar-refractivity contribution is -0.272. The van der Waals surface area contributed by atoms with E-state index >= 15 is 0 Å². The number of nitrogens with zero attached hydrogens (tertiary/aromatic N) is 1. The summed E-state index contributed by atoms with van der Waals surface area (Å²) in [6, 6.07) is 4.88. The van der Waals surface area contributed by atoms with Gasteiger partial charge in [-0.15, -0.1) is 0 Å². The maximum Gasteiger partial charge on any atom is 0.417 e. The molecule has 1 fully saturated rings. The number of amides is 1. The normalized spacial score (nSPS) is 26.2. The summed E-state index contributed by atoms with van der Waals surface area (Å²) in [6.45, 7) is 1.99. The first kappa shape index (κ1) is 24.1. The van der Waals surface area contributed by atoms with Crippen molar-refractivity contribution < 1.29 is 39.9 Å². The highest BCUT2D eigenvalue weighted by Crippen LogP contribution is 2.53. The predicted molar refractivity (Wildman–Crippen MR) is 104 cm³/mol. The third-order valence-corrected chi connectivity index (χ3v) is 6.62. The molecule has 6 nitrogen and oxygen atoms in total. The zero-order valence-corrected chi connectivity index (χ0v) is 17.9. The quantitative estimate of drug-likeness (QED) is 0.675. The van der Waals surface area contributed by atoms with Crippen molar-refractivity contribution in [2.45, 2.75) is 42.7 Å². The summed E-state index contributed by atoms with van der Waals surface area (Å²) in [7, 11) is -3.71. The Bertz CT molecular complexity index is 1150. The van der Waals surface area contributed by atoms with Gasteiger partial charge in [-0.1, -0.05) is 13.0 Å². The van der Waals surface area contributed by atoms with E-state index in [4.69, 9.17) is 4.74 Å². The van der Waals surface area contributed by atoms with Crippen LogP contribution in [-0.4, -0.2) is 43.4 Å². The van der Waals surface area contributed by atoms with Crippen LogP contribution >= 0.6 is 0 Å². The first-order valence-corrected chi connectivity index (χ1v) is 11.2. The van der Waals surface area contributed by atoms with Crippen molar-refractivity contribution in [1.29, 1.82) is 0 Å². The summed E-state index contributed by atoms with van der Waals surface area (Å²) in [6.07, 6.45) is -4.58. The molecule has 1 aromatic heterocycles. The Morgan fingerprint density at radius 1 is 1.16 bits per heavy atom. The number of nitrogens with one attached hydrogen (secondary N) is 1. The summed E-state index contributed by atoms with van der Waals surface area (Å²) in [4.78, 5) is 16.6. The van der Waals surface area contributed by atoms with Crippen LogP contribution in [0.3, 0.4) is 0 Å². The highest BCUT2D eigenvalue weighted by molar-refractivity contribution is 7.90. The van der Waals surface area contributed by atoms with Gasteiger partial charge in [0.05, 0.1) is 0 Å². The van der Waals surface area contributed by atoms with Gasteiger partial charge in [-0.05, 0) is 36.8 Å². The molecule has 1 N–H and O–H groups in total. The fourth-order valence-corrected chi connectivity index (χ4v) is 4.27. The number of alkyl halides is 3. The molecule has 174 valence electrons. The standard InChI is InChI=1S/C20H19F5N2O4S/c1-10-16(11-4-5-13(21)14(22)8-11)17(31-19(10,2)20(23,24)25)18(28)27-12-6-7-26-15(9-12)32(3,29)30/h4-10,16-17H,1-3H3,(H,26,27,28)/t10-,16-,17+,19+/m1/s1. The Labute approximate surface area is 180 Å². The van der Waals surface area contributed by atoms with Gasteiger partial charge in [-0.3, -0.25) is 4.79 Å². The van der Waals surface area contributed by atoms with Crippen LogP contribution < -0.4 is 5.32 Å². The summed E-state index contributed by atoms with van der Waals surface area (Å²) in [5.74, 6) is -6.09. The maximum atomic E-state index is 13.8. The third kappa shape index (κ3) is 4.33. The van der Waals surface area contributed by atoms with Crippen LogP contribution in [0.4, 0.5) is 27.6 Å². The van der Waals surface area contributed by atoms with E-state index in [9.17, 15) is 35.2 Å². The van der Waals surface area contributed by atoms with Gasteiger partial charge in [-0.25, -0.2) is 22.2 Å². The number of halogens is 5. The fourth-order valence-electron chi connectivity index (χ4n) is 3.68. The molecule has 1 saturated heterocycles. The van der Waals surface area contributed by atoms with Gasteiger partial charge in [0.15, 0.2) is 32.1 Å². The van der Waals surface area contributed by atoms with Crippen molar-refractivity contribution >= 4 is 21.4 Å². The molecular formula is C20H19F5N2O4S. The highest BCUT2D eigenvalue weighted by atomic mass is 32.2. The molecule has 12 heteroatoms. The Hall–Kier alpha value is -2.60. The van der Waals surface area contributed by atoms with Gasteiger partial charge in [0.1, 0.15) is 6.10 Å². The molecule has 32 heavy (non-hydrogen) atoms. The molecule has 0 aliphatic carbocycles. The number of aromatic nitrogens is 1. The van der Waals surface area contributed by atoms with Crippen LogP contribution in [0, 0.1) is 17.6 Å². The van der Waals surface area contributed by atoms with Gasteiger partial charge in [0.25, 0.3) is 5.91 Å². The van der Waals surface area contributed by atoms with Crippen LogP contribution in [0.25, 0.3) is 0 Å². The van der Waals surface area contributed by atoms with Crippen molar-refractivity contribution in [3.8, 4) is 0 Å². The summed E-state index contributed by atoms with van der Waals surface area (Å²) in [5, 5.41) is 1.97. The smallest absolute Gasteiger partial charge is 0.352 e. The minimum atomic E-state index is -4.86. The molecule has 0 saturated carbocycles. The second-order valence-corrected chi connectivity index (χ2v) is 9.74. The van der Waals surface area contributed by atoms with E-state index in [1.165, 1.54) is 13.0 Å². The predicted octanol–water partition coefficient (Wildman–Crippen LogP) is 3.84. The van der Waals surface area contributed by atoms with Crippen molar-refractivity contribution in [3.05, 3.63) is 53.7 Å². The number of pyridine rings is 1. The molecule has 0 spiro atoms. The average Bonchev–Trinajstić information content (AvgIpc) is 2.96. The molecule has 2 aromatic rings. The number of anilines is 1. The Balaban J connectivity index is 2.01. The number of hydrogen-bond donors (Lipinski definition) is 1. The number of carbonyl (C=O) groups excluding carboxylic acids is 1. The van der Waals surface area contributed by atoms with Gasteiger partial charge >= 0.3 is 6.18 Å². The minimum Gasteiger partial charge on any atom is -0.352 e. The number of benzene rings is 1. The van der Waals surface area contributed by atoms with Crippen LogP contribution in [0.2, 0.25) is 0 Å². The molecule has 4 atom stereocenters. The lowest BCUT2D eigenvalue weighted by Gasteiger charge is -2.31. The van der Waals surface area contributed by atoms with Gasteiger partial charge < -0.3 is 10.1 Å². The van der Waals surface area contributed by atoms with E-state index in [2.05, 4.69) is 10.3 Å². The van der Waals surface area contributed by atoms with Crippen LogP contribution in [-0.2, 0) is 19.4 Å². The highest BCUT2D eigenvalue weighted by Gasteiger charge is 2.65.